The molecule has 1 fully saturated rings. The number of aliphatic hydroxyl groups is 1. The monoisotopic (exact) mass is 620 g/mol. The number of fused-ring (bicyclic) bond motifs is 1. The molecule has 1 saturated heterocycles. The number of alkyl halides is 3. The lowest BCUT2D eigenvalue weighted by atomic mass is 9.97. The van der Waals surface area contributed by atoms with E-state index in [2.05, 4.69) is 20.0 Å². The first kappa shape index (κ1) is 30.9. The number of rotatable bonds is 11. The molecule has 1 aliphatic heterocycles. The van der Waals surface area contributed by atoms with Crippen molar-refractivity contribution in [1.29, 1.82) is 0 Å². The Kier molecular flexibility index (Phi) is 9.06. The number of nitrogens with one attached hydrogen (secondary N) is 2. The molecule has 0 spiro atoms. The van der Waals surface area contributed by atoms with E-state index in [1.165, 1.54) is 19.1 Å². The van der Waals surface area contributed by atoms with Gasteiger partial charge in [-0.25, -0.2) is 23.2 Å². The highest BCUT2D eigenvalue weighted by molar-refractivity contribution is 8.09. The molecule has 5 N–H and O–H groups in total. The van der Waals surface area contributed by atoms with Crippen LogP contribution in [0.3, 0.4) is 0 Å². The van der Waals surface area contributed by atoms with Crippen molar-refractivity contribution in [3.63, 3.8) is 0 Å². The Morgan fingerprint density at radius 3 is 2.66 bits per heavy atom. The number of ether oxygens (including phenoxy) is 2. The van der Waals surface area contributed by atoms with Crippen LogP contribution in [0.25, 0.3) is 11.2 Å². The minimum Gasteiger partial charge on any atom is -0.462 e. The maximum absolute atomic E-state index is 15.5. The number of H-pyrrole nitrogens is 1. The van der Waals surface area contributed by atoms with Gasteiger partial charge in [0, 0.05) is 0 Å². The average molecular weight is 621 g/mol. The number of aliphatic hydroxyl groups excluding tert-OH is 1. The SMILES string of the molecule is CC(C)OC(=O)C(C)NP(=S)(OCC1(C(F)F)OC(n2cnc3c(=O)[nH]c(N)nc32)C(F)C1O)Oc1ccccc1. The fourth-order valence-electron chi connectivity index (χ4n) is 4.01. The molecule has 3 heterocycles. The summed E-state index contributed by atoms with van der Waals surface area (Å²) in [6.45, 7) is -0.345. The number of nitrogen functional groups attached to an aromatic ring is 1. The summed E-state index contributed by atoms with van der Waals surface area (Å²) in [5.74, 6) is -0.865. The van der Waals surface area contributed by atoms with Gasteiger partial charge >= 0.3 is 12.6 Å². The quantitative estimate of drug-likeness (QED) is 0.182. The van der Waals surface area contributed by atoms with Crippen LogP contribution in [0.15, 0.2) is 41.5 Å². The minimum atomic E-state index is -3.87. The number of anilines is 1. The number of carbonyl (C=O) groups excluding carboxylic acids is 1. The second-order valence-corrected chi connectivity index (χ2v) is 12.6. The summed E-state index contributed by atoms with van der Waals surface area (Å²) in [7, 11) is 0. The minimum absolute atomic E-state index is 0.187. The molecule has 224 valence electrons. The molecule has 0 radical (unpaired) electrons. The van der Waals surface area contributed by atoms with Crippen molar-refractivity contribution in [3.05, 3.63) is 47.0 Å². The van der Waals surface area contributed by atoms with Gasteiger partial charge in [-0.1, -0.05) is 18.2 Å². The van der Waals surface area contributed by atoms with Crippen molar-refractivity contribution in [1.82, 2.24) is 24.6 Å². The third-order valence-corrected chi connectivity index (χ3v) is 8.47. The van der Waals surface area contributed by atoms with Crippen molar-refractivity contribution in [2.75, 3.05) is 12.3 Å². The molecule has 3 aromatic rings. The molecule has 0 bridgehead atoms. The molecule has 0 saturated carbocycles. The summed E-state index contributed by atoms with van der Waals surface area (Å²) in [5.41, 5.74) is 1.35. The molecular weight excluding hydrogens is 592 g/mol. The topological polar surface area (TPSA) is 176 Å². The summed E-state index contributed by atoms with van der Waals surface area (Å²) in [6, 6.07) is 6.87. The molecule has 6 atom stereocenters. The van der Waals surface area contributed by atoms with E-state index < -0.39 is 67.5 Å². The number of halogens is 3. The molecule has 6 unspecified atom stereocenters. The van der Waals surface area contributed by atoms with Gasteiger partial charge < -0.3 is 29.4 Å². The Morgan fingerprint density at radius 1 is 1.34 bits per heavy atom. The lowest BCUT2D eigenvalue weighted by Gasteiger charge is -2.34. The summed E-state index contributed by atoms with van der Waals surface area (Å²) in [6.07, 6.45) is -9.79. The summed E-state index contributed by atoms with van der Waals surface area (Å²) in [5, 5.41) is 13.4. The number of benzene rings is 1. The zero-order valence-electron chi connectivity index (χ0n) is 21.9. The van der Waals surface area contributed by atoms with E-state index in [4.69, 9.17) is 36.1 Å². The molecule has 0 amide bonds. The molecule has 4 rings (SSSR count). The fraction of sp³-hybridized carbons (Fsp3) is 0.478. The van der Waals surface area contributed by atoms with Crippen molar-refractivity contribution >= 4 is 41.5 Å². The molecule has 13 nitrogen and oxygen atoms in total. The number of para-hydroxylation sites is 1. The zero-order valence-corrected chi connectivity index (χ0v) is 23.7. The maximum atomic E-state index is 15.5. The standard InChI is InChI=1S/C23H28F3N6O7PS/c1-11(2)37-20(35)12(3)31-40(41,39-13-7-5-4-6-8-13)36-9-23(21(25)26)16(33)14(24)19(38-23)32-10-28-15-17(32)29-22(27)30-18(15)34/h4-8,10-12,14,16,19,21,33H,9H2,1-3H3,(H,31,41)(H3,27,29,30,34). The molecule has 1 aliphatic rings. The third-order valence-electron chi connectivity index (χ3n) is 6.00. The van der Waals surface area contributed by atoms with Crippen LogP contribution in [0.5, 0.6) is 5.75 Å². The van der Waals surface area contributed by atoms with Gasteiger partial charge in [-0.3, -0.25) is 19.1 Å². The van der Waals surface area contributed by atoms with Crippen molar-refractivity contribution in [3.8, 4) is 5.75 Å². The summed E-state index contributed by atoms with van der Waals surface area (Å²) in [4.78, 5) is 34.5. The van der Waals surface area contributed by atoms with Crippen molar-refractivity contribution < 1.29 is 41.6 Å². The Labute approximate surface area is 236 Å². The van der Waals surface area contributed by atoms with E-state index in [-0.39, 0.29) is 22.9 Å². The molecule has 0 aliphatic carbocycles. The average Bonchev–Trinajstić information content (AvgIpc) is 3.42. The number of aromatic nitrogens is 4. The van der Waals surface area contributed by atoms with Crippen molar-refractivity contribution in [2.24, 2.45) is 0 Å². The van der Waals surface area contributed by atoms with Gasteiger partial charge in [-0.15, -0.1) is 0 Å². The number of hydrogen-bond acceptors (Lipinski definition) is 11. The van der Waals surface area contributed by atoms with Gasteiger partial charge in [0.1, 0.15) is 17.9 Å². The lowest BCUT2D eigenvalue weighted by Crippen LogP contribution is -2.52. The van der Waals surface area contributed by atoms with E-state index >= 15 is 4.39 Å². The Hall–Kier alpha value is -3.08. The number of imidazole rings is 1. The van der Waals surface area contributed by atoms with E-state index in [0.29, 0.717) is 0 Å². The van der Waals surface area contributed by atoms with Gasteiger partial charge in [-0.2, -0.15) is 4.98 Å². The first-order chi connectivity index (χ1) is 19.3. The lowest BCUT2D eigenvalue weighted by molar-refractivity contribution is -0.191. The van der Waals surface area contributed by atoms with E-state index in [1.807, 2.05) is 0 Å². The third kappa shape index (κ3) is 6.39. The van der Waals surface area contributed by atoms with Crippen LogP contribution >= 0.6 is 6.64 Å². The first-order valence-electron chi connectivity index (χ1n) is 12.2. The molecule has 18 heteroatoms. The van der Waals surface area contributed by atoms with Crippen LogP contribution in [-0.2, 0) is 30.6 Å². The van der Waals surface area contributed by atoms with Gasteiger partial charge in [0.15, 0.2) is 29.2 Å². The second kappa shape index (κ2) is 12.0. The number of hydrogen-bond donors (Lipinski definition) is 4. The Bertz CT molecular complexity index is 1500. The van der Waals surface area contributed by atoms with E-state index in [9.17, 15) is 23.5 Å². The fourth-order valence-corrected chi connectivity index (χ4v) is 6.43. The van der Waals surface area contributed by atoms with Gasteiger partial charge in [0.2, 0.25) is 5.95 Å². The van der Waals surface area contributed by atoms with E-state index in [1.54, 1.807) is 32.0 Å². The van der Waals surface area contributed by atoms with Crippen LogP contribution in [0.4, 0.5) is 19.1 Å². The largest absolute Gasteiger partial charge is 0.462 e. The van der Waals surface area contributed by atoms with Gasteiger partial charge in [0.25, 0.3) is 12.0 Å². The van der Waals surface area contributed by atoms with Gasteiger partial charge in [0.05, 0.1) is 19.0 Å². The van der Waals surface area contributed by atoms with Crippen LogP contribution < -0.4 is 20.9 Å². The molecule has 2 aromatic heterocycles. The number of esters is 1. The number of carbonyl (C=O) groups is 1. The van der Waals surface area contributed by atoms with Crippen LogP contribution in [0.2, 0.25) is 0 Å². The highest BCUT2D eigenvalue weighted by atomic mass is 32.5. The Morgan fingerprint density at radius 2 is 2.02 bits per heavy atom. The predicted molar refractivity (Wildman–Crippen MR) is 143 cm³/mol. The molecule has 1 aromatic carbocycles. The summed E-state index contributed by atoms with van der Waals surface area (Å²) < 4.78 is 67.6. The molecular formula is C23H28F3N6O7PS. The summed E-state index contributed by atoms with van der Waals surface area (Å²) >= 11 is 5.53. The highest BCUT2D eigenvalue weighted by Crippen LogP contribution is 2.50. The van der Waals surface area contributed by atoms with Crippen LogP contribution in [-0.4, -0.2) is 73.6 Å². The van der Waals surface area contributed by atoms with Gasteiger partial charge in [-0.05, 0) is 44.7 Å². The maximum Gasteiger partial charge on any atom is 0.323 e. The van der Waals surface area contributed by atoms with Crippen LogP contribution in [0, 0.1) is 0 Å². The smallest absolute Gasteiger partial charge is 0.323 e. The van der Waals surface area contributed by atoms with Crippen LogP contribution in [0.1, 0.15) is 27.0 Å². The molecule has 41 heavy (non-hydrogen) atoms. The Balaban J connectivity index is 1.64. The number of aromatic amines is 1. The zero-order chi connectivity index (χ0) is 30.1. The second-order valence-electron chi connectivity index (χ2n) is 9.44. The van der Waals surface area contributed by atoms with E-state index in [0.717, 1.165) is 10.9 Å². The first-order valence-corrected chi connectivity index (χ1v) is 14.9. The highest BCUT2D eigenvalue weighted by Gasteiger charge is 2.62. The predicted octanol–water partition coefficient (Wildman–Crippen LogP) is 2.18. The number of nitrogens with zero attached hydrogens (tertiary/aromatic N) is 3. The normalized spacial score (nSPS) is 25.0. The van der Waals surface area contributed by atoms with Crippen molar-refractivity contribution in [2.45, 2.75) is 63.4 Å². The number of nitrogens with two attached hydrogens (primary N) is 1.